The van der Waals surface area contributed by atoms with Gasteiger partial charge >= 0.3 is 0 Å². The lowest BCUT2D eigenvalue weighted by Gasteiger charge is -2.38. The van der Waals surface area contributed by atoms with Crippen molar-refractivity contribution in [3.63, 3.8) is 0 Å². The second kappa shape index (κ2) is 4.76. The molecule has 16 heavy (non-hydrogen) atoms. The molecule has 0 spiro atoms. The summed E-state index contributed by atoms with van der Waals surface area (Å²) >= 11 is 0. The summed E-state index contributed by atoms with van der Waals surface area (Å²) in [6, 6.07) is 0.535. The van der Waals surface area contributed by atoms with Gasteiger partial charge in [-0.05, 0) is 14.0 Å². The quantitative estimate of drug-likeness (QED) is 0.769. The number of aliphatic hydroxyl groups excluding tert-OH is 1. The lowest BCUT2D eigenvalue weighted by atomic mass is 10.2. The molecule has 88 valence electrons. The summed E-state index contributed by atoms with van der Waals surface area (Å²) in [7, 11) is 2.14. The average Bonchev–Trinajstić information content (AvgIpc) is 2.33. The van der Waals surface area contributed by atoms with Crippen molar-refractivity contribution in [2.75, 3.05) is 31.6 Å². The fourth-order valence-corrected chi connectivity index (χ4v) is 1.85. The van der Waals surface area contributed by atoms with Gasteiger partial charge in [-0.25, -0.2) is 4.98 Å². The van der Waals surface area contributed by atoms with Crippen molar-refractivity contribution < 1.29 is 5.11 Å². The molecule has 1 aromatic rings. The molecule has 0 saturated carbocycles. The first kappa shape index (κ1) is 11.3. The molecule has 0 aliphatic carbocycles. The predicted octanol–water partition coefficient (Wildman–Crippen LogP) is 0.109. The van der Waals surface area contributed by atoms with Crippen LogP contribution in [0.15, 0.2) is 12.4 Å². The zero-order valence-corrected chi connectivity index (χ0v) is 9.80. The zero-order chi connectivity index (χ0) is 11.5. The van der Waals surface area contributed by atoms with E-state index in [0.717, 1.165) is 25.5 Å². The molecule has 1 atom stereocenters. The minimum atomic E-state index is -0.0492. The molecule has 0 aromatic carbocycles. The lowest BCUT2D eigenvalue weighted by molar-refractivity contribution is 0.233. The van der Waals surface area contributed by atoms with E-state index in [1.54, 1.807) is 12.4 Å². The van der Waals surface area contributed by atoms with Gasteiger partial charge in [0, 0.05) is 25.7 Å². The van der Waals surface area contributed by atoms with E-state index in [9.17, 15) is 0 Å². The molecule has 5 heteroatoms. The summed E-state index contributed by atoms with van der Waals surface area (Å²) in [4.78, 5) is 13.0. The number of piperazine rings is 1. The fraction of sp³-hybridized carbons (Fsp3) is 0.636. The molecule has 0 amide bonds. The van der Waals surface area contributed by atoms with Crippen molar-refractivity contribution in [2.45, 2.75) is 19.6 Å². The van der Waals surface area contributed by atoms with Crippen LogP contribution >= 0.6 is 0 Å². The van der Waals surface area contributed by atoms with Crippen LogP contribution in [-0.2, 0) is 6.61 Å². The summed E-state index contributed by atoms with van der Waals surface area (Å²) in [5.41, 5.74) is 0.617. The Labute approximate surface area is 95.7 Å². The maximum absolute atomic E-state index is 8.89. The van der Waals surface area contributed by atoms with Gasteiger partial charge < -0.3 is 14.9 Å². The first-order valence-electron chi connectivity index (χ1n) is 5.57. The number of aromatic nitrogens is 2. The topological polar surface area (TPSA) is 52.5 Å². The van der Waals surface area contributed by atoms with E-state index >= 15 is 0 Å². The van der Waals surface area contributed by atoms with Crippen LogP contribution in [-0.4, -0.2) is 52.7 Å². The van der Waals surface area contributed by atoms with Crippen molar-refractivity contribution in [3.8, 4) is 0 Å². The summed E-state index contributed by atoms with van der Waals surface area (Å²) in [5.74, 6) is 0.900. The van der Waals surface area contributed by atoms with Crippen molar-refractivity contribution in [3.05, 3.63) is 18.1 Å². The van der Waals surface area contributed by atoms with Crippen LogP contribution in [0.25, 0.3) is 0 Å². The number of anilines is 1. The van der Waals surface area contributed by atoms with E-state index in [0.29, 0.717) is 11.7 Å². The highest BCUT2D eigenvalue weighted by Gasteiger charge is 2.21. The Balaban J connectivity index is 2.06. The monoisotopic (exact) mass is 222 g/mol. The van der Waals surface area contributed by atoms with Crippen LogP contribution in [0, 0.1) is 0 Å². The van der Waals surface area contributed by atoms with Crippen LogP contribution < -0.4 is 4.90 Å². The smallest absolute Gasteiger partial charge is 0.147 e. The van der Waals surface area contributed by atoms with Crippen LogP contribution in [0.1, 0.15) is 12.6 Å². The molecule has 2 rings (SSSR count). The van der Waals surface area contributed by atoms with Crippen molar-refractivity contribution in [2.24, 2.45) is 0 Å². The number of hydrogen-bond acceptors (Lipinski definition) is 5. The van der Waals surface area contributed by atoms with Gasteiger partial charge in [0.25, 0.3) is 0 Å². The SMILES string of the molecule is CC1CN(c2cnc(CO)cn2)CCN1C. The Hall–Kier alpha value is -1.20. The second-order valence-electron chi connectivity index (χ2n) is 4.30. The molecule has 1 saturated heterocycles. The lowest BCUT2D eigenvalue weighted by Crippen LogP contribution is -2.50. The van der Waals surface area contributed by atoms with Crippen LogP contribution in [0.4, 0.5) is 5.82 Å². The van der Waals surface area contributed by atoms with Gasteiger partial charge in [0.2, 0.25) is 0 Å². The van der Waals surface area contributed by atoms with Crippen molar-refractivity contribution >= 4 is 5.82 Å². The molecule has 0 radical (unpaired) electrons. The van der Waals surface area contributed by atoms with Crippen molar-refractivity contribution in [1.82, 2.24) is 14.9 Å². The Morgan fingerprint density at radius 1 is 1.38 bits per heavy atom. The Kier molecular flexibility index (Phi) is 3.36. The molecule has 1 aliphatic rings. The standard InChI is InChI=1S/C11H18N4O/c1-9-7-15(4-3-14(9)2)11-6-12-10(8-16)5-13-11/h5-6,9,16H,3-4,7-8H2,1-2H3. The van der Waals surface area contributed by atoms with E-state index in [4.69, 9.17) is 5.11 Å². The van der Waals surface area contributed by atoms with Gasteiger partial charge in [0.1, 0.15) is 5.82 Å². The first-order chi connectivity index (χ1) is 7.70. The molecule has 5 nitrogen and oxygen atoms in total. The van der Waals surface area contributed by atoms with Gasteiger partial charge in [-0.1, -0.05) is 0 Å². The first-order valence-corrected chi connectivity index (χ1v) is 5.57. The van der Waals surface area contributed by atoms with Gasteiger partial charge in [-0.3, -0.25) is 4.98 Å². The zero-order valence-electron chi connectivity index (χ0n) is 9.80. The number of aliphatic hydroxyl groups is 1. The van der Waals surface area contributed by atoms with Crippen LogP contribution in [0.3, 0.4) is 0 Å². The largest absolute Gasteiger partial charge is 0.390 e. The van der Waals surface area contributed by atoms with E-state index < -0.39 is 0 Å². The third-order valence-corrected chi connectivity index (χ3v) is 3.14. The summed E-state index contributed by atoms with van der Waals surface area (Å²) < 4.78 is 0. The number of nitrogens with zero attached hydrogens (tertiary/aromatic N) is 4. The summed E-state index contributed by atoms with van der Waals surface area (Å²) in [6.07, 6.45) is 3.38. The molecule has 1 fully saturated rings. The van der Waals surface area contributed by atoms with Crippen molar-refractivity contribution in [1.29, 1.82) is 0 Å². The number of hydrogen-bond donors (Lipinski definition) is 1. The Morgan fingerprint density at radius 3 is 2.75 bits per heavy atom. The minimum absolute atomic E-state index is 0.0492. The Morgan fingerprint density at radius 2 is 2.19 bits per heavy atom. The molecule has 1 unspecified atom stereocenters. The maximum atomic E-state index is 8.89. The molecular weight excluding hydrogens is 204 g/mol. The molecule has 1 N–H and O–H groups in total. The summed E-state index contributed by atoms with van der Waals surface area (Å²) in [5, 5.41) is 8.89. The highest BCUT2D eigenvalue weighted by molar-refractivity contribution is 5.36. The number of rotatable bonds is 2. The van der Waals surface area contributed by atoms with Crippen LogP contribution in [0.5, 0.6) is 0 Å². The van der Waals surface area contributed by atoms with Gasteiger partial charge in [-0.2, -0.15) is 0 Å². The van der Waals surface area contributed by atoms with E-state index in [-0.39, 0.29) is 6.61 Å². The molecule has 1 aliphatic heterocycles. The van der Waals surface area contributed by atoms with E-state index in [2.05, 4.69) is 33.7 Å². The third kappa shape index (κ3) is 2.31. The highest BCUT2D eigenvalue weighted by atomic mass is 16.3. The Bertz CT molecular complexity index is 340. The highest BCUT2D eigenvalue weighted by Crippen LogP contribution is 2.14. The number of likely N-dealkylation sites (N-methyl/N-ethyl adjacent to an activating group) is 1. The minimum Gasteiger partial charge on any atom is -0.390 e. The molecule has 2 heterocycles. The second-order valence-corrected chi connectivity index (χ2v) is 4.30. The van der Waals surface area contributed by atoms with E-state index in [1.165, 1.54) is 0 Å². The molecule has 0 bridgehead atoms. The van der Waals surface area contributed by atoms with Gasteiger partial charge in [0.05, 0.1) is 24.7 Å². The molecular formula is C11H18N4O. The third-order valence-electron chi connectivity index (χ3n) is 3.14. The normalized spacial score (nSPS) is 22.4. The van der Waals surface area contributed by atoms with Gasteiger partial charge in [-0.15, -0.1) is 0 Å². The average molecular weight is 222 g/mol. The van der Waals surface area contributed by atoms with E-state index in [1.807, 2.05) is 0 Å². The predicted molar refractivity (Wildman–Crippen MR) is 62.3 cm³/mol. The van der Waals surface area contributed by atoms with Gasteiger partial charge in [0.15, 0.2) is 0 Å². The maximum Gasteiger partial charge on any atom is 0.147 e. The molecule has 1 aromatic heterocycles. The summed E-state index contributed by atoms with van der Waals surface area (Å²) in [6.45, 7) is 5.16. The fourth-order valence-electron chi connectivity index (χ4n) is 1.85. The van der Waals surface area contributed by atoms with Crippen LogP contribution in [0.2, 0.25) is 0 Å².